The van der Waals surface area contributed by atoms with E-state index in [0.29, 0.717) is 18.7 Å². The number of aliphatic carboxylic acids is 1. The number of nitrogens with zero attached hydrogens (tertiary/aromatic N) is 1. The molecule has 1 aliphatic rings. The Bertz CT molecular complexity index is 599. The molecular formula is C12H16N2O5S. The van der Waals surface area contributed by atoms with E-state index in [0.717, 1.165) is 0 Å². The van der Waals surface area contributed by atoms with Crippen molar-refractivity contribution in [1.29, 1.82) is 0 Å². The number of benzene rings is 1. The van der Waals surface area contributed by atoms with Crippen LogP contribution in [0.15, 0.2) is 29.2 Å². The van der Waals surface area contributed by atoms with Crippen molar-refractivity contribution in [2.24, 2.45) is 5.14 Å². The number of hydrogen-bond acceptors (Lipinski definition) is 5. The van der Waals surface area contributed by atoms with Gasteiger partial charge >= 0.3 is 5.97 Å². The number of carboxylic acids is 1. The molecule has 7 nitrogen and oxygen atoms in total. The van der Waals surface area contributed by atoms with Gasteiger partial charge in [-0.3, -0.25) is 0 Å². The molecule has 0 amide bonds. The maximum absolute atomic E-state index is 11.3. The Kier molecular flexibility index (Phi) is 3.98. The summed E-state index contributed by atoms with van der Waals surface area (Å²) in [7, 11) is -2.21. The van der Waals surface area contributed by atoms with E-state index in [2.05, 4.69) is 0 Å². The molecule has 2 rings (SSSR count). The highest BCUT2D eigenvalue weighted by Crippen LogP contribution is 2.28. The van der Waals surface area contributed by atoms with Gasteiger partial charge in [-0.05, 0) is 24.3 Å². The van der Waals surface area contributed by atoms with Gasteiger partial charge in [0.1, 0.15) is 6.04 Å². The average Bonchev–Trinajstić information content (AvgIpc) is 2.82. The first-order valence-electron chi connectivity index (χ1n) is 5.98. The summed E-state index contributed by atoms with van der Waals surface area (Å²) in [5.41, 5.74) is 0.629. The molecule has 1 aromatic rings. The molecule has 0 aromatic heterocycles. The molecule has 0 bridgehead atoms. The van der Waals surface area contributed by atoms with Crippen LogP contribution >= 0.6 is 0 Å². The van der Waals surface area contributed by atoms with Crippen molar-refractivity contribution in [3.63, 3.8) is 0 Å². The zero-order valence-corrected chi connectivity index (χ0v) is 11.7. The molecule has 1 aliphatic heterocycles. The van der Waals surface area contributed by atoms with Crippen LogP contribution in [0.25, 0.3) is 0 Å². The molecule has 8 heteroatoms. The third kappa shape index (κ3) is 2.92. The lowest BCUT2D eigenvalue weighted by molar-refractivity contribution is -0.138. The first-order chi connectivity index (χ1) is 9.32. The van der Waals surface area contributed by atoms with Gasteiger partial charge in [0.15, 0.2) is 0 Å². The minimum absolute atomic E-state index is 0.00406. The second kappa shape index (κ2) is 5.39. The molecule has 1 aromatic carbocycles. The van der Waals surface area contributed by atoms with Crippen molar-refractivity contribution in [3.05, 3.63) is 24.3 Å². The second-order valence-corrected chi connectivity index (χ2v) is 6.20. The third-order valence-corrected chi connectivity index (χ3v) is 4.31. The number of anilines is 1. The molecule has 110 valence electrons. The van der Waals surface area contributed by atoms with Gasteiger partial charge in [0, 0.05) is 25.8 Å². The van der Waals surface area contributed by atoms with E-state index >= 15 is 0 Å². The molecule has 3 N–H and O–H groups in total. The lowest BCUT2D eigenvalue weighted by atomic mass is 10.2. The second-order valence-electron chi connectivity index (χ2n) is 4.64. The van der Waals surface area contributed by atoms with Crippen molar-refractivity contribution < 1.29 is 23.1 Å². The van der Waals surface area contributed by atoms with Crippen LogP contribution in [0.2, 0.25) is 0 Å². The summed E-state index contributed by atoms with van der Waals surface area (Å²) in [4.78, 5) is 12.9. The molecule has 0 saturated carbocycles. The summed E-state index contributed by atoms with van der Waals surface area (Å²) in [6, 6.07) is 5.15. The van der Waals surface area contributed by atoms with Gasteiger partial charge in [-0.2, -0.15) is 0 Å². The van der Waals surface area contributed by atoms with Gasteiger partial charge in [-0.25, -0.2) is 18.4 Å². The van der Waals surface area contributed by atoms with E-state index in [-0.39, 0.29) is 11.0 Å². The SMILES string of the molecule is COC1CC(C(=O)O)N(c2ccc(S(N)(=O)=O)cc2)C1. The largest absolute Gasteiger partial charge is 0.480 e. The molecule has 2 unspecified atom stereocenters. The molecule has 0 spiro atoms. The number of primary sulfonamides is 1. The maximum Gasteiger partial charge on any atom is 0.326 e. The summed E-state index contributed by atoms with van der Waals surface area (Å²) >= 11 is 0. The first-order valence-corrected chi connectivity index (χ1v) is 7.52. The number of nitrogens with two attached hydrogens (primary N) is 1. The Hall–Kier alpha value is -1.64. The van der Waals surface area contributed by atoms with E-state index in [1.54, 1.807) is 17.0 Å². The molecule has 1 saturated heterocycles. The van der Waals surface area contributed by atoms with Gasteiger partial charge in [-0.1, -0.05) is 0 Å². The molecule has 0 radical (unpaired) electrons. The van der Waals surface area contributed by atoms with Gasteiger partial charge < -0.3 is 14.7 Å². The molecule has 2 atom stereocenters. The molecule has 20 heavy (non-hydrogen) atoms. The number of hydrogen-bond donors (Lipinski definition) is 2. The van der Waals surface area contributed by atoms with Crippen molar-refractivity contribution in [1.82, 2.24) is 0 Å². The van der Waals surface area contributed by atoms with Crippen molar-refractivity contribution in [2.45, 2.75) is 23.5 Å². The van der Waals surface area contributed by atoms with Crippen LogP contribution in [0.3, 0.4) is 0 Å². The summed E-state index contributed by atoms with van der Waals surface area (Å²) in [6.45, 7) is 0.447. The monoisotopic (exact) mass is 300 g/mol. The van der Waals surface area contributed by atoms with Gasteiger partial charge in [0.25, 0.3) is 0 Å². The van der Waals surface area contributed by atoms with Gasteiger partial charge in [0.2, 0.25) is 10.0 Å². The van der Waals surface area contributed by atoms with Crippen LogP contribution in [0.4, 0.5) is 5.69 Å². The molecular weight excluding hydrogens is 284 g/mol. The summed E-state index contributed by atoms with van der Waals surface area (Å²) in [6.07, 6.45) is 0.233. The van der Waals surface area contributed by atoms with Crippen LogP contribution in [0, 0.1) is 0 Å². The van der Waals surface area contributed by atoms with Crippen molar-refractivity contribution in [2.75, 3.05) is 18.6 Å². The normalized spacial score (nSPS) is 23.0. The van der Waals surface area contributed by atoms with E-state index in [1.165, 1.54) is 19.2 Å². The number of rotatable bonds is 4. The van der Waals surface area contributed by atoms with Crippen molar-refractivity contribution in [3.8, 4) is 0 Å². The molecule has 0 aliphatic carbocycles. The average molecular weight is 300 g/mol. The quantitative estimate of drug-likeness (QED) is 0.810. The predicted molar refractivity (Wildman–Crippen MR) is 72.0 cm³/mol. The highest BCUT2D eigenvalue weighted by molar-refractivity contribution is 7.89. The zero-order valence-electron chi connectivity index (χ0n) is 10.9. The standard InChI is InChI=1S/C12H16N2O5S/c1-19-9-6-11(12(15)16)14(7-9)8-2-4-10(5-3-8)20(13,17)18/h2-5,9,11H,6-7H2,1H3,(H,15,16)(H2,13,17,18). The number of sulfonamides is 1. The topological polar surface area (TPSA) is 110 Å². The summed E-state index contributed by atoms with van der Waals surface area (Å²) in [5.74, 6) is -0.930. The van der Waals surface area contributed by atoms with Crippen molar-refractivity contribution >= 4 is 21.7 Å². The van der Waals surface area contributed by atoms with E-state index in [4.69, 9.17) is 9.88 Å². The Balaban J connectivity index is 2.28. The minimum Gasteiger partial charge on any atom is -0.480 e. The lowest BCUT2D eigenvalue weighted by Crippen LogP contribution is -2.36. The van der Waals surface area contributed by atoms with Crippen LogP contribution in [-0.4, -0.2) is 45.3 Å². The fourth-order valence-corrected chi connectivity index (χ4v) is 2.83. The fraction of sp³-hybridized carbons (Fsp3) is 0.417. The van der Waals surface area contributed by atoms with Crippen LogP contribution in [0.1, 0.15) is 6.42 Å². The minimum atomic E-state index is -3.75. The first kappa shape index (κ1) is 14.8. The number of methoxy groups -OCH3 is 1. The predicted octanol–water partition coefficient (Wildman–Crippen LogP) is 0.0123. The number of ether oxygens (including phenoxy) is 1. The molecule has 1 fully saturated rings. The van der Waals surface area contributed by atoms with Crippen LogP contribution < -0.4 is 10.0 Å². The maximum atomic E-state index is 11.3. The Labute approximate surface area is 117 Å². The molecule has 1 heterocycles. The lowest BCUT2D eigenvalue weighted by Gasteiger charge is -2.23. The number of carboxylic acid groups (broad SMARTS) is 1. The Morgan fingerprint density at radius 3 is 2.45 bits per heavy atom. The number of carbonyl (C=O) groups is 1. The summed E-state index contributed by atoms with van der Waals surface area (Å²) in [5, 5.41) is 14.3. The fourth-order valence-electron chi connectivity index (χ4n) is 2.31. The van der Waals surface area contributed by atoms with E-state index in [9.17, 15) is 18.3 Å². The van der Waals surface area contributed by atoms with Crippen LogP contribution in [-0.2, 0) is 19.6 Å². The third-order valence-electron chi connectivity index (χ3n) is 3.38. The van der Waals surface area contributed by atoms with Gasteiger partial charge in [0.05, 0.1) is 11.0 Å². The smallest absolute Gasteiger partial charge is 0.326 e. The van der Waals surface area contributed by atoms with Crippen LogP contribution in [0.5, 0.6) is 0 Å². The van der Waals surface area contributed by atoms with E-state index < -0.39 is 22.0 Å². The van der Waals surface area contributed by atoms with E-state index in [1.807, 2.05) is 0 Å². The Morgan fingerprint density at radius 2 is 2.00 bits per heavy atom. The summed E-state index contributed by atoms with van der Waals surface area (Å²) < 4.78 is 27.6. The zero-order chi connectivity index (χ0) is 14.9. The Morgan fingerprint density at radius 1 is 1.40 bits per heavy atom. The van der Waals surface area contributed by atoms with Gasteiger partial charge in [-0.15, -0.1) is 0 Å². The highest BCUT2D eigenvalue weighted by Gasteiger charge is 2.37. The highest BCUT2D eigenvalue weighted by atomic mass is 32.2.